The van der Waals surface area contributed by atoms with Crippen LogP contribution in [0.2, 0.25) is 0 Å². The monoisotopic (exact) mass is 302 g/mol. The molecular weight excluding hydrogens is 283 g/mol. The Kier molecular flexibility index (Phi) is 4.65. The molecule has 2 heterocycles. The van der Waals surface area contributed by atoms with Gasteiger partial charge in [0.05, 0.1) is 25.4 Å². The highest BCUT2D eigenvalue weighted by atomic mass is 19.1. The predicted octanol–water partition coefficient (Wildman–Crippen LogP) is 2.55. The van der Waals surface area contributed by atoms with Gasteiger partial charge in [0.1, 0.15) is 0 Å². The maximum absolute atomic E-state index is 14.0. The minimum Gasteiger partial charge on any atom is -0.388 e. The van der Waals surface area contributed by atoms with E-state index in [2.05, 4.69) is 4.98 Å². The molecule has 0 unspecified atom stereocenters. The number of benzene rings is 1. The summed E-state index contributed by atoms with van der Waals surface area (Å²) in [5, 5.41) is 10.4. The fourth-order valence-electron chi connectivity index (χ4n) is 2.79. The van der Waals surface area contributed by atoms with Crippen molar-refractivity contribution in [2.24, 2.45) is 0 Å². The molecule has 1 aliphatic rings. The molecule has 1 N–H and O–H groups in total. The number of ether oxygens (including phenoxy) is 1. The van der Waals surface area contributed by atoms with Crippen LogP contribution in [0.5, 0.6) is 0 Å². The lowest BCUT2D eigenvalue weighted by molar-refractivity contribution is 0.0673. The summed E-state index contributed by atoms with van der Waals surface area (Å²) in [5.41, 5.74) is 0.856. The normalized spacial score (nSPS) is 19.9. The highest BCUT2D eigenvalue weighted by molar-refractivity contribution is 5.41. The first-order chi connectivity index (χ1) is 10.8. The topological polar surface area (TPSA) is 45.6 Å². The van der Waals surface area contributed by atoms with Crippen LogP contribution in [0, 0.1) is 5.82 Å². The van der Waals surface area contributed by atoms with Gasteiger partial charge in [0.15, 0.2) is 11.6 Å². The SMILES string of the molecule is O[C@H](C[C@H]1COCCN1c1ncccc1F)c1ccccc1. The van der Waals surface area contributed by atoms with Crippen LogP contribution >= 0.6 is 0 Å². The number of aliphatic hydroxyl groups is 1. The molecule has 0 amide bonds. The lowest BCUT2D eigenvalue weighted by Gasteiger charge is -2.37. The minimum absolute atomic E-state index is 0.103. The Morgan fingerprint density at radius 1 is 1.27 bits per heavy atom. The molecule has 0 spiro atoms. The van der Waals surface area contributed by atoms with E-state index in [9.17, 15) is 9.50 Å². The third-order valence-electron chi connectivity index (χ3n) is 3.92. The zero-order valence-electron chi connectivity index (χ0n) is 12.2. The number of aliphatic hydroxyl groups excluding tert-OH is 1. The summed E-state index contributed by atoms with van der Waals surface area (Å²) in [7, 11) is 0. The molecule has 1 aromatic heterocycles. The average Bonchev–Trinajstić information content (AvgIpc) is 2.57. The van der Waals surface area contributed by atoms with Crippen LogP contribution in [0.3, 0.4) is 0 Å². The number of nitrogens with zero attached hydrogens (tertiary/aromatic N) is 2. The van der Waals surface area contributed by atoms with Crippen molar-refractivity contribution in [1.29, 1.82) is 0 Å². The Labute approximate surface area is 129 Å². The van der Waals surface area contributed by atoms with Gasteiger partial charge in [-0.15, -0.1) is 0 Å². The van der Waals surface area contributed by atoms with E-state index in [1.807, 2.05) is 35.2 Å². The molecule has 0 saturated carbocycles. The van der Waals surface area contributed by atoms with Crippen LogP contribution in [0.25, 0.3) is 0 Å². The van der Waals surface area contributed by atoms with Gasteiger partial charge in [0.2, 0.25) is 0 Å². The fraction of sp³-hybridized carbons (Fsp3) is 0.353. The van der Waals surface area contributed by atoms with Gasteiger partial charge in [0.25, 0.3) is 0 Å². The van der Waals surface area contributed by atoms with Gasteiger partial charge >= 0.3 is 0 Å². The second-order valence-corrected chi connectivity index (χ2v) is 5.39. The highest BCUT2D eigenvalue weighted by Gasteiger charge is 2.28. The number of pyridine rings is 1. The largest absolute Gasteiger partial charge is 0.388 e. The number of halogens is 1. The van der Waals surface area contributed by atoms with Crippen molar-refractivity contribution >= 4 is 5.82 Å². The van der Waals surface area contributed by atoms with Crippen molar-refractivity contribution in [3.63, 3.8) is 0 Å². The average molecular weight is 302 g/mol. The molecule has 0 radical (unpaired) electrons. The molecule has 116 valence electrons. The van der Waals surface area contributed by atoms with Gasteiger partial charge in [-0.25, -0.2) is 9.37 Å². The summed E-state index contributed by atoms with van der Waals surface area (Å²) in [6.45, 7) is 1.56. The van der Waals surface area contributed by atoms with Crippen molar-refractivity contribution in [2.45, 2.75) is 18.6 Å². The van der Waals surface area contributed by atoms with Crippen LogP contribution in [0.15, 0.2) is 48.7 Å². The lowest BCUT2D eigenvalue weighted by Crippen LogP contribution is -2.47. The Hall–Kier alpha value is -1.98. The smallest absolute Gasteiger partial charge is 0.165 e. The molecule has 3 rings (SSSR count). The predicted molar refractivity (Wildman–Crippen MR) is 82.2 cm³/mol. The van der Waals surface area contributed by atoms with E-state index in [1.54, 1.807) is 12.3 Å². The Morgan fingerprint density at radius 2 is 2.09 bits per heavy atom. The lowest BCUT2D eigenvalue weighted by atomic mass is 10.0. The standard InChI is InChI=1S/C17H19FN2O2/c18-15-7-4-8-19-17(15)20-9-10-22-12-14(20)11-16(21)13-5-2-1-3-6-13/h1-8,14,16,21H,9-12H2/t14-,16+/m0/s1. The number of anilines is 1. The van der Waals surface area contributed by atoms with E-state index >= 15 is 0 Å². The van der Waals surface area contributed by atoms with E-state index < -0.39 is 6.10 Å². The molecule has 5 heteroatoms. The highest BCUT2D eigenvalue weighted by Crippen LogP contribution is 2.26. The zero-order valence-corrected chi connectivity index (χ0v) is 12.2. The first kappa shape index (κ1) is 14.9. The second kappa shape index (κ2) is 6.85. The summed E-state index contributed by atoms with van der Waals surface area (Å²) >= 11 is 0. The Balaban J connectivity index is 1.77. The van der Waals surface area contributed by atoms with Gasteiger partial charge in [-0.2, -0.15) is 0 Å². The van der Waals surface area contributed by atoms with Gasteiger partial charge < -0.3 is 14.7 Å². The van der Waals surface area contributed by atoms with Crippen LogP contribution in [-0.4, -0.2) is 35.9 Å². The maximum atomic E-state index is 14.0. The zero-order chi connectivity index (χ0) is 15.4. The summed E-state index contributed by atoms with van der Waals surface area (Å²) in [6.07, 6.45) is 1.45. The summed E-state index contributed by atoms with van der Waals surface area (Å²) in [4.78, 5) is 6.04. The fourth-order valence-corrected chi connectivity index (χ4v) is 2.79. The van der Waals surface area contributed by atoms with Crippen LogP contribution in [0.4, 0.5) is 10.2 Å². The Morgan fingerprint density at radius 3 is 2.86 bits per heavy atom. The van der Waals surface area contributed by atoms with E-state index in [4.69, 9.17) is 4.74 Å². The third-order valence-corrected chi connectivity index (χ3v) is 3.92. The quantitative estimate of drug-likeness (QED) is 0.943. The van der Waals surface area contributed by atoms with Gasteiger partial charge in [-0.3, -0.25) is 0 Å². The van der Waals surface area contributed by atoms with Crippen molar-refractivity contribution in [1.82, 2.24) is 4.98 Å². The van der Waals surface area contributed by atoms with Crippen molar-refractivity contribution in [3.8, 4) is 0 Å². The molecule has 22 heavy (non-hydrogen) atoms. The van der Waals surface area contributed by atoms with E-state index in [1.165, 1.54) is 6.07 Å². The molecule has 1 saturated heterocycles. The van der Waals surface area contributed by atoms with E-state index in [-0.39, 0.29) is 11.9 Å². The van der Waals surface area contributed by atoms with Crippen molar-refractivity contribution < 1.29 is 14.2 Å². The summed E-state index contributed by atoms with van der Waals surface area (Å²) in [6, 6.07) is 12.4. The molecular formula is C17H19FN2O2. The van der Waals surface area contributed by atoms with Crippen molar-refractivity contribution in [3.05, 3.63) is 60.0 Å². The number of aromatic nitrogens is 1. The van der Waals surface area contributed by atoms with E-state index in [0.717, 1.165) is 5.56 Å². The molecule has 4 nitrogen and oxygen atoms in total. The molecule has 0 bridgehead atoms. The van der Waals surface area contributed by atoms with Gasteiger partial charge in [-0.05, 0) is 17.7 Å². The molecule has 1 fully saturated rings. The minimum atomic E-state index is -0.609. The number of rotatable bonds is 4. The van der Waals surface area contributed by atoms with Crippen molar-refractivity contribution in [2.75, 3.05) is 24.7 Å². The summed E-state index contributed by atoms with van der Waals surface area (Å²) in [5.74, 6) is -0.0142. The molecule has 1 aromatic carbocycles. The van der Waals surface area contributed by atoms with E-state index in [0.29, 0.717) is 32.0 Å². The number of hydrogen-bond donors (Lipinski definition) is 1. The van der Waals surface area contributed by atoms with Crippen LogP contribution < -0.4 is 4.90 Å². The number of morpholine rings is 1. The first-order valence-electron chi connectivity index (χ1n) is 7.43. The van der Waals surface area contributed by atoms with Crippen LogP contribution in [0.1, 0.15) is 18.1 Å². The second-order valence-electron chi connectivity index (χ2n) is 5.39. The first-order valence-corrected chi connectivity index (χ1v) is 7.43. The number of hydrogen-bond acceptors (Lipinski definition) is 4. The third kappa shape index (κ3) is 3.26. The Bertz CT molecular complexity index is 609. The molecule has 2 atom stereocenters. The van der Waals surface area contributed by atoms with Gasteiger partial charge in [0, 0.05) is 19.2 Å². The summed E-state index contributed by atoms with van der Waals surface area (Å²) < 4.78 is 19.5. The maximum Gasteiger partial charge on any atom is 0.165 e. The molecule has 0 aliphatic carbocycles. The van der Waals surface area contributed by atoms with Gasteiger partial charge in [-0.1, -0.05) is 30.3 Å². The molecule has 1 aliphatic heterocycles. The van der Waals surface area contributed by atoms with Crippen LogP contribution in [-0.2, 0) is 4.74 Å². The molecule has 2 aromatic rings.